The predicted octanol–water partition coefficient (Wildman–Crippen LogP) is 4.04. The number of benzene rings is 2. The van der Waals surface area contributed by atoms with Crippen LogP contribution in [0.15, 0.2) is 54.7 Å². The molecule has 4 rings (SSSR count). The van der Waals surface area contributed by atoms with E-state index in [1.54, 1.807) is 0 Å². The first-order chi connectivity index (χ1) is 11.7. The fraction of sp³-hybridized carbons (Fsp3) is 0.211. The van der Waals surface area contributed by atoms with Crippen molar-refractivity contribution >= 4 is 28.4 Å². The molecule has 1 aliphatic heterocycles. The quantitative estimate of drug-likeness (QED) is 0.765. The number of aromatic nitrogens is 1. The average Bonchev–Trinajstić information content (AvgIpc) is 3.09. The molecule has 0 unspecified atom stereocenters. The lowest BCUT2D eigenvalue weighted by molar-refractivity contribution is -0.0228. The molecule has 1 N–H and O–H groups in total. The number of H-pyrrole nitrogens is 1. The van der Waals surface area contributed by atoms with Crippen molar-refractivity contribution in [3.63, 3.8) is 0 Å². The lowest BCUT2D eigenvalue weighted by Gasteiger charge is -2.33. The summed E-state index contributed by atoms with van der Waals surface area (Å²) < 4.78 is 5.83. The van der Waals surface area contributed by atoms with Gasteiger partial charge in [0.05, 0.1) is 13.2 Å². The third-order valence-corrected chi connectivity index (χ3v) is 4.65. The van der Waals surface area contributed by atoms with Crippen LogP contribution in [0.2, 0.25) is 5.02 Å². The number of halogens is 1. The summed E-state index contributed by atoms with van der Waals surface area (Å²) in [6.07, 6.45) is 1.76. The van der Waals surface area contributed by atoms with Crippen LogP contribution in [0.4, 0.5) is 0 Å². The Balaban J connectivity index is 1.54. The van der Waals surface area contributed by atoms with E-state index in [0.717, 1.165) is 16.5 Å². The normalized spacial score (nSPS) is 18.0. The smallest absolute Gasteiger partial charge is 0.254 e. The van der Waals surface area contributed by atoms with Gasteiger partial charge in [0.15, 0.2) is 0 Å². The molecule has 2 heterocycles. The van der Waals surface area contributed by atoms with E-state index >= 15 is 0 Å². The molecule has 0 spiro atoms. The van der Waals surface area contributed by atoms with Gasteiger partial charge in [0.1, 0.15) is 6.10 Å². The summed E-state index contributed by atoms with van der Waals surface area (Å²) in [4.78, 5) is 17.8. The van der Waals surface area contributed by atoms with Crippen molar-refractivity contribution in [1.29, 1.82) is 0 Å². The molecule has 5 heteroatoms. The van der Waals surface area contributed by atoms with Gasteiger partial charge in [-0.2, -0.15) is 0 Å². The Morgan fingerprint density at radius 1 is 1.17 bits per heavy atom. The van der Waals surface area contributed by atoms with Gasteiger partial charge < -0.3 is 14.6 Å². The van der Waals surface area contributed by atoms with E-state index in [4.69, 9.17) is 16.3 Å². The second-order valence-corrected chi connectivity index (χ2v) is 6.38. The van der Waals surface area contributed by atoms with Crippen LogP contribution >= 0.6 is 11.6 Å². The number of hydrogen-bond donors (Lipinski definition) is 1. The largest absolute Gasteiger partial charge is 0.370 e. The Morgan fingerprint density at radius 3 is 2.83 bits per heavy atom. The van der Waals surface area contributed by atoms with Crippen molar-refractivity contribution in [1.82, 2.24) is 9.88 Å². The minimum absolute atomic E-state index is 0.0359. The Hall–Kier alpha value is -2.30. The van der Waals surface area contributed by atoms with E-state index in [-0.39, 0.29) is 12.0 Å². The highest BCUT2D eigenvalue weighted by Crippen LogP contribution is 2.25. The van der Waals surface area contributed by atoms with Crippen LogP contribution in [0, 0.1) is 0 Å². The molecule has 1 atom stereocenters. The molecular weight excluding hydrogens is 324 g/mol. The second kappa shape index (κ2) is 6.30. The molecule has 2 aromatic carbocycles. The number of nitrogens with one attached hydrogen (secondary N) is 1. The molecule has 1 amide bonds. The van der Waals surface area contributed by atoms with Gasteiger partial charge in [0, 0.05) is 28.8 Å². The maximum Gasteiger partial charge on any atom is 0.254 e. The zero-order valence-electron chi connectivity index (χ0n) is 13.0. The molecule has 0 aliphatic carbocycles. The van der Waals surface area contributed by atoms with Crippen LogP contribution < -0.4 is 0 Å². The molecule has 1 saturated heterocycles. The van der Waals surface area contributed by atoms with Crippen molar-refractivity contribution in [2.45, 2.75) is 6.10 Å². The Bertz CT molecular complexity index is 872. The first kappa shape index (κ1) is 15.2. The van der Waals surface area contributed by atoms with E-state index in [1.807, 2.05) is 59.6 Å². The van der Waals surface area contributed by atoms with Gasteiger partial charge in [-0.25, -0.2) is 0 Å². The van der Waals surface area contributed by atoms with Crippen molar-refractivity contribution in [3.05, 3.63) is 70.9 Å². The van der Waals surface area contributed by atoms with Crippen LogP contribution in [-0.4, -0.2) is 35.5 Å². The highest BCUT2D eigenvalue weighted by atomic mass is 35.5. The number of amides is 1. The number of carbonyl (C=O) groups is 1. The molecule has 0 radical (unpaired) electrons. The molecule has 0 saturated carbocycles. The molecule has 4 nitrogen and oxygen atoms in total. The van der Waals surface area contributed by atoms with E-state index < -0.39 is 0 Å². The summed E-state index contributed by atoms with van der Waals surface area (Å²) in [7, 11) is 0. The fourth-order valence-electron chi connectivity index (χ4n) is 3.08. The van der Waals surface area contributed by atoms with E-state index in [2.05, 4.69) is 4.98 Å². The molecule has 1 fully saturated rings. The van der Waals surface area contributed by atoms with E-state index in [9.17, 15) is 4.79 Å². The standard InChI is InChI=1S/C19H17ClN2O2/c20-16-5-3-14(4-6-16)18-12-22(9-10-24-18)19(23)15-2-1-13-7-8-21-17(13)11-15/h1-8,11,18,21H,9-10,12H2/t18-/m0/s1. The van der Waals surface area contributed by atoms with Gasteiger partial charge >= 0.3 is 0 Å². The zero-order valence-corrected chi connectivity index (χ0v) is 13.8. The lowest BCUT2D eigenvalue weighted by Crippen LogP contribution is -2.42. The molecule has 0 bridgehead atoms. The Morgan fingerprint density at radius 2 is 2.00 bits per heavy atom. The molecule has 3 aromatic rings. The highest BCUT2D eigenvalue weighted by Gasteiger charge is 2.26. The van der Waals surface area contributed by atoms with Crippen LogP contribution in [-0.2, 0) is 4.74 Å². The summed E-state index contributed by atoms with van der Waals surface area (Å²) in [6.45, 7) is 1.68. The SMILES string of the molecule is O=C(c1ccc2cc[nH]c2c1)N1CCO[C@H](c2ccc(Cl)cc2)C1. The first-order valence-electron chi connectivity index (χ1n) is 7.94. The van der Waals surface area contributed by atoms with Gasteiger partial charge in [-0.3, -0.25) is 4.79 Å². The number of carbonyl (C=O) groups excluding carboxylic acids is 1. The van der Waals surface area contributed by atoms with Crippen molar-refractivity contribution in [2.75, 3.05) is 19.7 Å². The maximum absolute atomic E-state index is 12.8. The summed E-state index contributed by atoms with van der Waals surface area (Å²) in [5, 5.41) is 1.80. The van der Waals surface area contributed by atoms with Gasteiger partial charge in [-0.05, 0) is 41.3 Å². The lowest BCUT2D eigenvalue weighted by atomic mass is 10.1. The van der Waals surface area contributed by atoms with Crippen LogP contribution in [0.1, 0.15) is 22.0 Å². The van der Waals surface area contributed by atoms with Crippen molar-refractivity contribution < 1.29 is 9.53 Å². The predicted molar refractivity (Wildman–Crippen MR) is 94.3 cm³/mol. The Labute approximate surface area is 145 Å². The number of morpholine rings is 1. The van der Waals surface area contributed by atoms with Crippen LogP contribution in [0.5, 0.6) is 0 Å². The van der Waals surface area contributed by atoms with Gasteiger partial charge in [0.25, 0.3) is 5.91 Å². The van der Waals surface area contributed by atoms with E-state index in [0.29, 0.717) is 30.3 Å². The van der Waals surface area contributed by atoms with Crippen LogP contribution in [0.3, 0.4) is 0 Å². The highest BCUT2D eigenvalue weighted by molar-refractivity contribution is 6.30. The summed E-state index contributed by atoms with van der Waals surface area (Å²) >= 11 is 5.94. The van der Waals surface area contributed by atoms with Crippen LogP contribution in [0.25, 0.3) is 10.9 Å². The number of aromatic amines is 1. The number of hydrogen-bond acceptors (Lipinski definition) is 2. The number of ether oxygens (including phenoxy) is 1. The minimum Gasteiger partial charge on any atom is -0.370 e. The topological polar surface area (TPSA) is 45.3 Å². The van der Waals surface area contributed by atoms with Gasteiger partial charge in [0.2, 0.25) is 0 Å². The average molecular weight is 341 g/mol. The molecular formula is C19H17ClN2O2. The minimum atomic E-state index is -0.116. The first-order valence-corrected chi connectivity index (χ1v) is 8.32. The molecule has 1 aliphatic rings. The summed E-state index contributed by atoms with van der Waals surface area (Å²) in [5.74, 6) is 0.0359. The third-order valence-electron chi connectivity index (χ3n) is 4.40. The van der Waals surface area contributed by atoms with E-state index in [1.165, 1.54) is 0 Å². The monoisotopic (exact) mass is 340 g/mol. The third kappa shape index (κ3) is 2.90. The van der Waals surface area contributed by atoms with Gasteiger partial charge in [-0.1, -0.05) is 29.8 Å². The fourth-order valence-corrected chi connectivity index (χ4v) is 3.20. The number of nitrogens with zero attached hydrogens (tertiary/aromatic N) is 1. The summed E-state index contributed by atoms with van der Waals surface area (Å²) in [6, 6.07) is 15.3. The van der Waals surface area contributed by atoms with Gasteiger partial charge in [-0.15, -0.1) is 0 Å². The zero-order chi connectivity index (χ0) is 16.5. The van der Waals surface area contributed by atoms with Crippen molar-refractivity contribution in [3.8, 4) is 0 Å². The molecule has 24 heavy (non-hydrogen) atoms. The Kier molecular flexibility index (Phi) is 4.00. The van der Waals surface area contributed by atoms with Crippen molar-refractivity contribution in [2.24, 2.45) is 0 Å². The second-order valence-electron chi connectivity index (χ2n) is 5.94. The number of rotatable bonds is 2. The molecule has 1 aromatic heterocycles. The maximum atomic E-state index is 12.8. The summed E-state index contributed by atoms with van der Waals surface area (Å²) in [5.41, 5.74) is 2.71. The number of fused-ring (bicyclic) bond motifs is 1. The molecule has 122 valence electrons.